The van der Waals surface area contributed by atoms with Crippen molar-refractivity contribution in [3.05, 3.63) is 39.6 Å². The van der Waals surface area contributed by atoms with Gasteiger partial charge in [-0.3, -0.25) is 19.4 Å². The Morgan fingerprint density at radius 1 is 1.18 bits per heavy atom. The zero-order chi connectivity index (χ0) is 19.1. The van der Waals surface area contributed by atoms with Crippen molar-refractivity contribution in [2.75, 3.05) is 44.3 Å². The monoisotopic (exact) mass is 384 g/mol. The molecule has 8 nitrogen and oxygen atoms in total. The number of likely N-dealkylation sites (tertiary alicyclic amines) is 1. The molecular formula is C20H28N6O2. The smallest absolute Gasteiger partial charge is 0.255 e. The molecule has 150 valence electrons. The van der Waals surface area contributed by atoms with E-state index in [9.17, 15) is 4.79 Å². The lowest BCUT2D eigenvalue weighted by Gasteiger charge is -2.39. The van der Waals surface area contributed by atoms with E-state index in [4.69, 9.17) is 9.72 Å². The molecule has 0 saturated carbocycles. The third-order valence-corrected chi connectivity index (χ3v) is 6.65. The van der Waals surface area contributed by atoms with E-state index in [0.717, 1.165) is 75.6 Å². The van der Waals surface area contributed by atoms with Crippen LogP contribution in [0, 0.1) is 0 Å². The fourth-order valence-electron chi connectivity index (χ4n) is 5.00. The first-order valence-corrected chi connectivity index (χ1v) is 10.3. The van der Waals surface area contributed by atoms with Gasteiger partial charge >= 0.3 is 0 Å². The van der Waals surface area contributed by atoms with Crippen LogP contribution in [-0.2, 0) is 30.2 Å². The Hall–Kier alpha value is -2.19. The van der Waals surface area contributed by atoms with Crippen LogP contribution < -0.4 is 10.5 Å². The zero-order valence-corrected chi connectivity index (χ0v) is 16.5. The predicted molar refractivity (Wildman–Crippen MR) is 106 cm³/mol. The summed E-state index contributed by atoms with van der Waals surface area (Å²) < 4.78 is 7.30. The quantitative estimate of drug-likeness (QED) is 0.844. The van der Waals surface area contributed by atoms with Crippen molar-refractivity contribution in [3.8, 4) is 0 Å². The summed E-state index contributed by atoms with van der Waals surface area (Å²) in [5, 5.41) is 4.27. The summed E-state index contributed by atoms with van der Waals surface area (Å²) in [6, 6.07) is 0. The molecule has 0 amide bonds. The number of anilines is 1. The first-order chi connectivity index (χ1) is 13.6. The number of piperidine rings is 1. The van der Waals surface area contributed by atoms with E-state index >= 15 is 0 Å². The second kappa shape index (κ2) is 7.00. The molecule has 0 atom stereocenters. The van der Waals surface area contributed by atoms with Crippen LogP contribution in [0.3, 0.4) is 0 Å². The Morgan fingerprint density at radius 3 is 2.68 bits per heavy atom. The molecular weight excluding hydrogens is 356 g/mol. The summed E-state index contributed by atoms with van der Waals surface area (Å²) in [4.78, 5) is 25.4. The fraction of sp³-hybridized carbons (Fsp3) is 0.650. The number of ether oxygens (including phenoxy) is 1. The number of aryl methyl sites for hydroxylation is 1. The number of fused-ring (bicyclic) bond motifs is 2. The topological polar surface area (TPSA) is 79.3 Å². The third-order valence-electron chi connectivity index (χ3n) is 6.65. The van der Waals surface area contributed by atoms with Crippen LogP contribution in [0.4, 0.5) is 5.95 Å². The van der Waals surface area contributed by atoms with Gasteiger partial charge in [0.2, 0.25) is 5.95 Å². The van der Waals surface area contributed by atoms with Gasteiger partial charge in [0.15, 0.2) is 0 Å². The number of hydrogen-bond donors (Lipinski definition) is 1. The Bertz CT molecular complexity index is 906. The maximum atomic E-state index is 12.7. The molecule has 3 aliphatic rings. The van der Waals surface area contributed by atoms with Crippen LogP contribution in [-0.4, -0.2) is 64.0 Å². The lowest BCUT2D eigenvalue weighted by Crippen LogP contribution is -2.43. The number of rotatable bonds is 3. The van der Waals surface area contributed by atoms with E-state index < -0.39 is 0 Å². The third kappa shape index (κ3) is 3.14. The van der Waals surface area contributed by atoms with Crippen LogP contribution in [0.1, 0.15) is 36.1 Å². The summed E-state index contributed by atoms with van der Waals surface area (Å²) >= 11 is 0. The molecule has 2 aliphatic heterocycles. The van der Waals surface area contributed by atoms with E-state index in [1.807, 2.05) is 17.9 Å². The number of H-pyrrole nitrogens is 1. The normalized spacial score (nSPS) is 22.0. The largest absolute Gasteiger partial charge is 0.378 e. The molecule has 2 saturated heterocycles. The van der Waals surface area contributed by atoms with Gasteiger partial charge in [0, 0.05) is 49.4 Å². The minimum absolute atomic E-state index is 0.0566. The van der Waals surface area contributed by atoms with Crippen molar-refractivity contribution >= 4 is 5.95 Å². The van der Waals surface area contributed by atoms with Gasteiger partial charge in [-0.05, 0) is 38.8 Å². The number of aromatic amines is 1. The maximum Gasteiger partial charge on any atom is 0.255 e. The van der Waals surface area contributed by atoms with Crippen molar-refractivity contribution < 1.29 is 4.74 Å². The number of nitrogens with zero attached hydrogens (tertiary/aromatic N) is 5. The van der Waals surface area contributed by atoms with E-state index in [1.165, 1.54) is 5.56 Å². The van der Waals surface area contributed by atoms with Gasteiger partial charge in [0.1, 0.15) is 0 Å². The molecule has 1 spiro atoms. The van der Waals surface area contributed by atoms with Crippen LogP contribution in [0.5, 0.6) is 0 Å². The highest BCUT2D eigenvalue weighted by atomic mass is 16.5. The molecule has 2 fully saturated rings. The summed E-state index contributed by atoms with van der Waals surface area (Å²) in [7, 11) is 1.96. The van der Waals surface area contributed by atoms with Crippen molar-refractivity contribution in [2.24, 2.45) is 7.05 Å². The summed E-state index contributed by atoms with van der Waals surface area (Å²) in [6.45, 7) is 5.97. The van der Waals surface area contributed by atoms with Gasteiger partial charge in [-0.25, -0.2) is 4.98 Å². The Balaban J connectivity index is 1.35. The van der Waals surface area contributed by atoms with Crippen LogP contribution in [0.2, 0.25) is 0 Å². The molecule has 8 heteroatoms. The molecule has 0 bridgehead atoms. The van der Waals surface area contributed by atoms with Gasteiger partial charge < -0.3 is 9.64 Å². The summed E-state index contributed by atoms with van der Waals surface area (Å²) in [5.74, 6) is 0.728. The molecule has 1 aliphatic carbocycles. The second-order valence-electron chi connectivity index (χ2n) is 8.39. The van der Waals surface area contributed by atoms with Gasteiger partial charge in [-0.15, -0.1) is 0 Å². The Kier molecular flexibility index (Phi) is 4.47. The maximum absolute atomic E-state index is 12.7. The minimum Gasteiger partial charge on any atom is -0.378 e. The molecule has 0 unspecified atom stereocenters. The van der Waals surface area contributed by atoms with Crippen LogP contribution >= 0.6 is 0 Å². The van der Waals surface area contributed by atoms with E-state index in [-0.39, 0.29) is 11.0 Å². The molecule has 4 heterocycles. The SMILES string of the molecule is Cn1cc(CN2CCC3(CCc4c3nc(N3CCOCC3)[nH]c4=O)CC2)cn1. The Labute approximate surface area is 164 Å². The predicted octanol–water partition coefficient (Wildman–Crippen LogP) is 0.820. The summed E-state index contributed by atoms with van der Waals surface area (Å²) in [5.41, 5.74) is 3.36. The molecule has 0 radical (unpaired) electrons. The standard InChI is InChI=1S/C20H28N6O2/c1-24-13-15(12-21-24)14-25-6-4-20(5-7-25)3-2-16-17(20)22-19(23-18(16)27)26-8-10-28-11-9-26/h12-13H,2-11,14H2,1H3,(H,22,23,27). The lowest BCUT2D eigenvalue weighted by atomic mass is 9.76. The summed E-state index contributed by atoms with van der Waals surface area (Å²) in [6.07, 6.45) is 8.07. The molecule has 2 aromatic heterocycles. The minimum atomic E-state index is 0.0566. The van der Waals surface area contributed by atoms with Crippen molar-refractivity contribution in [2.45, 2.75) is 37.6 Å². The van der Waals surface area contributed by atoms with Gasteiger partial charge in [-0.1, -0.05) is 0 Å². The average molecular weight is 384 g/mol. The number of nitrogens with one attached hydrogen (secondary N) is 1. The number of aromatic nitrogens is 4. The lowest BCUT2D eigenvalue weighted by molar-refractivity contribution is 0.122. The second-order valence-corrected chi connectivity index (χ2v) is 8.39. The molecule has 1 N–H and O–H groups in total. The number of morpholine rings is 1. The number of hydrogen-bond acceptors (Lipinski definition) is 6. The van der Waals surface area contributed by atoms with E-state index in [2.05, 4.69) is 26.1 Å². The van der Waals surface area contributed by atoms with E-state index in [1.54, 1.807) is 0 Å². The van der Waals surface area contributed by atoms with Crippen LogP contribution in [0.15, 0.2) is 17.2 Å². The highest BCUT2D eigenvalue weighted by Crippen LogP contribution is 2.44. The highest BCUT2D eigenvalue weighted by Gasteiger charge is 2.44. The highest BCUT2D eigenvalue weighted by molar-refractivity contribution is 5.40. The van der Waals surface area contributed by atoms with Crippen molar-refractivity contribution in [1.82, 2.24) is 24.6 Å². The fourth-order valence-corrected chi connectivity index (χ4v) is 5.00. The van der Waals surface area contributed by atoms with E-state index in [0.29, 0.717) is 13.2 Å². The van der Waals surface area contributed by atoms with Crippen molar-refractivity contribution in [1.29, 1.82) is 0 Å². The van der Waals surface area contributed by atoms with Gasteiger partial charge in [-0.2, -0.15) is 5.10 Å². The first-order valence-electron chi connectivity index (χ1n) is 10.3. The van der Waals surface area contributed by atoms with Gasteiger partial charge in [0.05, 0.1) is 25.1 Å². The van der Waals surface area contributed by atoms with Crippen LogP contribution in [0.25, 0.3) is 0 Å². The first kappa shape index (κ1) is 17.9. The molecule has 0 aromatic carbocycles. The zero-order valence-electron chi connectivity index (χ0n) is 16.5. The molecule has 28 heavy (non-hydrogen) atoms. The average Bonchev–Trinajstić information content (AvgIpc) is 3.29. The molecule has 2 aromatic rings. The molecule has 5 rings (SSSR count). The van der Waals surface area contributed by atoms with Crippen molar-refractivity contribution in [3.63, 3.8) is 0 Å². The Morgan fingerprint density at radius 2 is 1.96 bits per heavy atom. The van der Waals surface area contributed by atoms with Gasteiger partial charge in [0.25, 0.3) is 5.56 Å².